The maximum Gasteiger partial charge on any atom is 0.337 e. The van der Waals surface area contributed by atoms with Crippen molar-refractivity contribution in [2.75, 3.05) is 12.4 Å². The number of methoxy groups -OCH3 is 1. The van der Waals surface area contributed by atoms with Gasteiger partial charge in [0.05, 0.1) is 12.7 Å². The summed E-state index contributed by atoms with van der Waals surface area (Å²) in [5.41, 5.74) is 3.15. The highest BCUT2D eigenvalue weighted by molar-refractivity contribution is 6.02. The van der Waals surface area contributed by atoms with Gasteiger partial charge < -0.3 is 10.1 Å². The van der Waals surface area contributed by atoms with E-state index in [1.54, 1.807) is 30.3 Å². The number of carbonyl (C=O) groups excluding carboxylic acids is 2. The van der Waals surface area contributed by atoms with Gasteiger partial charge in [-0.1, -0.05) is 44.2 Å². The summed E-state index contributed by atoms with van der Waals surface area (Å²) in [4.78, 5) is 23.5. The molecule has 0 aliphatic heterocycles. The average Bonchev–Trinajstić information content (AvgIpc) is 2.59. The van der Waals surface area contributed by atoms with E-state index >= 15 is 0 Å². The molecule has 124 valence electrons. The Morgan fingerprint density at radius 2 is 1.79 bits per heavy atom. The fourth-order valence-corrected chi connectivity index (χ4v) is 2.19. The van der Waals surface area contributed by atoms with Gasteiger partial charge >= 0.3 is 5.97 Å². The SMILES string of the molecule is COC(=O)c1cccc(NC(=O)/C=C/c2ccc(C(C)C)cc2)c1. The first kappa shape index (κ1) is 17.5. The van der Waals surface area contributed by atoms with Gasteiger partial charge in [0, 0.05) is 11.8 Å². The van der Waals surface area contributed by atoms with E-state index < -0.39 is 5.97 Å². The number of hydrogen-bond donors (Lipinski definition) is 1. The van der Waals surface area contributed by atoms with Crippen molar-refractivity contribution >= 4 is 23.6 Å². The van der Waals surface area contributed by atoms with Crippen molar-refractivity contribution in [1.82, 2.24) is 0 Å². The van der Waals surface area contributed by atoms with Gasteiger partial charge in [0.15, 0.2) is 0 Å². The largest absolute Gasteiger partial charge is 0.465 e. The Morgan fingerprint density at radius 1 is 1.08 bits per heavy atom. The molecule has 1 N–H and O–H groups in total. The number of carbonyl (C=O) groups is 2. The van der Waals surface area contributed by atoms with Crippen molar-refractivity contribution in [3.63, 3.8) is 0 Å². The maximum atomic E-state index is 12.0. The highest BCUT2D eigenvalue weighted by Gasteiger charge is 2.06. The van der Waals surface area contributed by atoms with Crippen LogP contribution in [0.25, 0.3) is 6.08 Å². The molecule has 0 fully saturated rings. The summed E-state index contributed by atoms with van der Waals surface area (Å²) in [6.45, 7) is 4.28. The van der Waals surface area contributed by atoms with Gasteiger partial charge in [0.2, 0.25) is 5.91 Å². The first-order valence-corrected chi connectivity index (χ1v) is 7.77. The Balaban J connectivity index is 2.01. The van der Waals surface area contributed by atoms with Crippen molar-refractivity contribution in [1.29, 1.82) is 0 Å². The zero-order chi connectivity index (χ0) is 17.5. The zero-order valence-electron chi connectivity index (χ0n) is 14.1. The van der Waals surface area contributed by atoms with Crippen molar-refractivity contribution in [3.8, 4) is 0 Å². The van der Waals surface area contributed by atoms with E-state index in [4.69, 9.17) is 0 Å². The first-order chi connectivity index (χ1) is 11.5. The first-order valence-electron chi connectivity index (χ1n) is 7.77. The molecule has 0 saturated carbocycles. The van der Waals surface area contributed by atoms with Crippen LogP contribution in [0, 0.1) is 0 Å². The molecule has 0 aliphatic carbocycles. The zero-order valence-corrected chi connectivity index (χ0v) is 14.1. The molecule has 0 aromatic heterocycles. The lowest BCUT2D eigenvalue weighted by atomic mass is 10.0. The number of amides is 1. The third-order valence-electron chi connectivity index (χ3n) is 3.58. The number of nitrogens with one attached hydrogen (secondary N) is 1. The van der Waals surface area contributed by atoms with Crippen molar-refractivity contribution in [3.05, 3.63) is 71.3 Å². The Bertz CT molecular complexity index is 746. The second-order valence-corrected chi connectivity index (χ2v) is 5.72. The Morgan fingerprint density at radius 3 is 2.42 bits per heavy atom. The lowest BCUT2D eigenvalue weighted by molar-refractivity contribution is -0.111. The van der Waals surface area contributed by atoms with Gasteiger partial charge in [-0.3, -0.25) is 4.79 Å². The summed E-state index contributed by atoms with van der Waals surface area (Å²) in [6, 6.07) is 14.7. The normalized spacial score (nSPS) is 10.8. The minimum absolute atomic E-state index is 0.259. The summed E-state index contributed by atoms with van der Waals surface area (Å²) in [7, 11) is 1.32. The third kappa shape index (κ3) is 4.81. The smallest absolute Gasteiger partial charge is 0.337 e. The topological polar surface area (TPSA) is 55.4 Å². The molecule has 0 atom stereocenters. The molecule has 24 heavy (non-hydrogen) atoms. The molecule has 0 heterocycles. The minimum atomic E-state index is -0.438. The Kier molecular flexibility index (Phi) is 5.90. The maximum absolute atomic E-state index is 12.0. The van der Waals surface area contributed by atoms with Gasteiger partial charge in [-0.2, -0.15) is 0 Å². The van der Waals surface area contributed by atoms with E-state index in [1.165, 1.54) is 18.7 Å². The second kappa shape index (κ2) is 8.11. The molecule has 0 radical (unpaired) electrons. The fourth-order valence-electron chi connectivity index (χ4n) is 2.19. The standard InChI is InChI=1S/C20H21NO3/c1-14(2)16-10-7-15(8-11-16)9-12-19(22)21-18-6-4-5-17(13-18)20(23)24-3/h4-14H,1-3H3,(H,21,22)/b12-9+. The average molecular weight is 323 g/mol. The summed E-state index contributed by atoms with van der Waals surface area (Å²) >= 11 is 0. The quantitative estimate of drug-likeness (QED) is 0.661. The summed E-state index contributed by atoms with van der Waals surface area (Å²) in [5, 5.41) is 2.73. The fraction of sp³-hybridized carbons (Fsp3) is 0.200. The van der Waals surface area contributed by atoms with Crippen LogP contribution >= 0.6 is 0 Å². The van der Waals surface area contributed by atoms with Gasteiger partial charge in [0.1, 0.15) is 0 Å². The van der Waals surface area contributed by atoms with E-state index in [0.29, 0.717) is 17.2 Å². The van der Waals surface area contributed by atoms with Crippen LogP contribution in [0.4, 0.5) is 5.69 Å². The summed E-state index contributed by atoms with van der Waals surface area (Å²) in [6.07, 6.45) is 3.22. The second-order valence-electron chi connectivity index (χ2n) is 5.72. The van der Waals surface area contributed by atoms with E-state index in [9.17, 15) is 9.59 Å². The van der Waals surface area contributed by atoms with Crippen LogP contribution in [0.3, 0.4) is 0 Å². The van der Waals surface area contributed by atoms with E-state index in [2.05, 4.69) is 36.0 Å². The predicted octanol–water partition coefficient (Wildman–Crippen LogP) is 4.25. The minimum Gasteiger partial charge on any atom is -0.465 e. The molecule has 2 aromatic rings. The molecule has 0 unspecified atom stereocenters. The molecule has 1 amide bonds. The number of anilines is 1. The van der Waals surface area contributed by atoms with E-state index in [1.807, 2.05) is 12.1 Å². The molecule has 0 spiro atoms. The van der Waals surface area contributed by atoms with Crippen LogP contribution in [-0.2, 0) is 9.53 Å². The third-order valence-corrected chi connectivity index (χ3v) is 3.58. The Labute approximate surface area is 142 Å². The number of ether oxygens (including phenoxy) is 1. The van der Waals surface area contributed by atoms with Crippen LogP contribution in [0.5, 0.6) is 0 Å². The number of benzene rings is 2. The van der Waals surface area contributed by atoms with Crippen LogP contribution < -0.4 is 5.32 Å². The summed E-state index contributed by atoms with van der Waals surface area (Å²) < 4.78 is 4.66. The van der Waals surface area contributed by atoms with Crippen LogP contribution in [-0.4, -0.2) is 19.0 Å². The van der Waals surface area contributed by atoms with Crippen molar-refractivity contribution < 1.29 is 14.3 Å². The van der Waals surface area contributed by atoms with Crippen molar-refractivity contribution in [2.45, 2.75) is 19.8 Å². The number of esters is 1. The molecule has 4 heteroatoms. The summed E-state index contributed by atoms with van der Waals surface area (Å²) in [5.74, 6) is -0.217. The molecule has 2 rings (SSSR count). The van der Waals surface area contributed by atoms with Crippen molar-refractivity contribution in [2.24, 2.45) is 0 Å². The van der Waals surface area contributed by atoms with Crippen LogP contribution in [0.1, 0.15) is 41.3 Å². The highest BCUT2D eigenvalue weighted by atomic mass is 16.5. The van der Waals surface area contributed by atoms with Crippen LogP contribution in [0.2, 0.25) is 0 Å². The predicted molar refractivity (Wildman–Crippen MR) is 96.0 cm³/mol. The van der Waals surface area contributed by atoms with E-state index in [-0.39, 0.29) is 5.91 Å². The Hall–Kier alpha value is -2.88. The number of rotatable bonds is 5. The van der Waals surface area contributed by atoms with Gasteiger partial charge in [-0.05, 0) is 41.3 Å². The lowest BCUT2D eigenvalue weighted by Crippen LogP contribution is -2.09. The van der Waals surface area contributed by atoms with Crippen LogP contribution in [0.15, 0.2) is 54.6 Å². The molecule has 2 aromatic carbocycles. The monoisotopic (exact) mass is 323 g/mol. The molecular weight excluding hydrogens is 302 g/mol. The molecule has 0 aliphatic rings. The van der Waals surface area contributed by atoms with Gasteiger partial charge in [0.25, 0.3) is 0 Å². The van der Waals surface area contributed by atoms with Gasteiger partial charge in [-0.15, -0.1) is 0 Å². The molecule has 0 saturated heterocycles. The van der Waals surface area contributed by atoms with E-state index in [0.717, 1.165) is 5.56 Å². The molecule has 4 nitrogen and oxygen atoms in total. The molecular formula is C20H21NO3. The lowest BCUT2D eigenvalue weighted by Gasteiger charge is -2.05. The number of hydrogen-bond acceptors (Lipinski definition) is 3. The van der Waals surface area contributed by atoms with Gasteiger partial charge in [-0.25, -0.2) is 4.79 Å². The molecule has 0 bridgehead atoms. The highest BCUT2D eigenvalue weighted by Crippen LogP contribution is 2.15.